The van der Waals surface area contributed by atoms with E-state index in [0.717, 1.165) is 0 Å². The molecule has 0 bridgehead atoms. The summed E-state index contributed by atoms with van der Waals surface area (Å²) in [6, 6.07) is 0. The summed E-state index contributed by atoms with van der Waals surface area (Å²) in [5.41, 5.74) is 0. The molecule has 6 heteroatoms. The Labute approximate surface area is 94.8 Å². The van der Waals surface area contributed by atoms with Crippen LogP contribution in [-0.4, -0.2) is 11.4 Å². The molecule has 12 heavy (non-hydrogen) atoms. The van der Waals surface area contributed by atoms with E-state index in [4.69, 9.17) is 62.7 Å². The third kappa shape index (κ3) is 1.42. The van der Waals surface area contributed by atoms with Crippen LogP contribution in [0.2, 0.25) is 0 Å². The van der Waals surface area contributed by atoms with Gasteiger partial charge in [0.1, 0.15) is 10.1 Å². The predicted molar refractivity (Wildman–Crippen MR) is 53.1 cm³/mol. The van der Waals surface area contributed by atoms with Crippen LogP contribution in [0.4, 0.5) is 0 Å². The molecule has 0 aromatic heterocycles. The molecule has 1 nitrogen and oxygen atoms in total. The summed E-state index contributed by atoms with van der Waals surface area (Å²) in [6.45, 7) is 0. The zero-order chi connectivity index (χ0) is 9.52. The standard InChI is InChI=1S/C6H3Cl5O/c1-12-3-2(7)4(8)6(10,11)5(3)9/h1H3. The smallest absolute Gasteiger partial charge is 0.194 e. The van der Waals surface area contributed by atoms with Crippen molar-refractivity contribution >= 4 is 58.0 Å². The van der Waals surface area contributed by atoms with Gasteiger partial charge in [0.05, 0.1) is 12.1 Å². The highest BCUT2D eigenvalue weighted by molar-refractivity contribution is 6.64. The van der Waals surface area contributed by atoms with Crippen LogP contribution < -0.4 is 0 Å². The number of methoxy groups -OCH3 is 1. The second kappa shape index (κ2) is 3.47. The molecule has 0 heterocycles. The van der Waals surface area contributed by atoms with Crippen molar-refractivity contribution in [3.8, 4) is 0 Å². The highest BCUT2D eigenvalue weighted by atomic mass is 35.5. The molecule has 68 valence electrons. The molecule has 1 rings (SSSR count). The van der Waals surface area contributed by atoms with E-state index >= 15 is 0 Å². The second-order valence-electron chi connectivity index (χ2n) is 2.05. The van der Waals surface area contributed by atoms with Gasteiger partial charge in [-0.05, 0) is 0 Å². The molecule has 0 aromatic carbocycles. The molecule has 0 saturated heterocycles. The average Bonchev–Trinajstić information content (AvgIpc) is 2.15. The Kier molecular flexibility index (Phi) is 3.12. The van der Waals surface area contributed by atoms with E-state index in [1.165, 1.54) is 7.11 Å². The number of hydrogen-bond donors (Lipinski definition) is 0. The summed E-state index contributed by atoms with van der Waals surface area (Å²) in [7, 11) is 1.40. The van der Waals surface area contributed by atoms with Crippen LogP contribution in [0.1, 0.15) is 0 Å². The van der Waals surface area contributed by atoms with Crippen LogP contribution in [0.25, 0.3) is 0 Å². The maximum Gasteiger partial charge on any atom is 0.194 e. The molecule has 0 aromatic rings. The molecule has 0 aliphatic heterocycles. The molecule has 0 N–H and O–H groups in total. The number of alkyl halides is 2. The Morgan fingerprint density at radius 3 is 1.75 bits per heavy atom. The summed E-state index contributed by atoms with van der Waals surface area (Å²) < 4.78 is 3.38. The maximum absolute atomic E-state index is 5.76. The lowest BCUT2D eigenvalue weighted by Gasteiger charge is -2.11. The molecule has 0 fully saturated rings. The van der Waals surface area contributed by atoms with Crippen LogP contribution in [0.3, 0.4) is 0 Å². The normalized spacial score (nSPS) is 22.2. The van der Waals surface area contributed by atoms with Crippen molar-refractivity contribution < 1.29 is 4.74 Å². The van der Waals surface area contributed by atoms with E-state index in [9.17, 15) is 0 Å². The number of rotatable bonds is 1. The highest BCUT2D eigenvalue weighted by Gasteiger charge is 2.44. The summed E-state index contributed by atoms with van der Waals surface area (Å²) in [4.78, 5) is 0. The number of hydrogen-bond acceptors (Lipinski definition) is 1. The molecule has 1 aliphatic rings. The highest BCUT2D eigenvalue weighted by Crippen LogP contribution is 2.52. The topological polar surface area (TPSA) is 9.23 Å². The van der Waals surface area contributed by atoms with Crippen molar-refractivity contribution in [3.63, 3.8) is 0 Å². The Balaban J connectivity index is 3.24. The largest absolute Gasteiger partial charge is 0.494 e. The van der Waals surface area contributed by atoms with Crippen LogP contribution in [-0.2, 0) is 4.74 Å². The second-order valence-corrected chi connectivity index (χ2v) is 4.51. The lowest BCUT2D eigenvalue weighted by Crippen LogP contribution is -2.09. The minimum absolute atomic E-state index is 0.0642. The van der Waals surface area contributed by atoms with Crippen molar-refractivity contribution in [2.45, 2.75) is 4.33 Å². The fraction of sp³-hybridized carbons (Fsp3) is 0.333. The third-order valence-corrected chi connectivity index (χ3v) is 3.87. The zero-order valence-electron chi connectivity index (χ0n) is 5.80. The van der Waals surface area contributed by atoms with Crippen LogP contribution in [0.5, 0.6) is 0 Å². The number of halogens is 5. The van der Waals surface area contributed by atoms with E-state index in [0.29, 0.717) is 0 Å². The average molecular weight is 268 g/mol. The van der Waals surface area contributed by atoms with E-state index in [1.54, 1.807) is 0 Å². The SMILES string of the molecule is COC1=C(Cl)C(Cl)(Cl)C(Cl)=C1Cl. The first-order valence-electron chi connectivity index (χ1n) is 2.81. The molecule has 0 spiro atoms. The van der Waals surface area contributed by atoms with Gasteiger partial charge < -0.3 is 4.74 Å². The van der Waals surface area contributed by atoms with E-state index < -0.39 is 4.33 Å². The van der Waals surface area contributed by atoms with Crippen LogP contribution in [0.15, 0.2) is 20.9 Å². The summed E-state index contributed by atoms with van der Waals surface area (Å²) in [5.74, 6) is 0.216. The molecule has 0 atom stereocenters. The van der Waals surface area contributed by atoms with E-state index in [1.807, 2.05) is 0 Å². The number of ether oxygens (including phenoxy) is 1. The molecule has 0 saturated carbocycles. The van der Waals surface area contributed by atoms with E-state index in [2.05, 4.69) is 0 Å². The molecule has 1 aliphatic carbocycles. The Morgan fingerprint density at radius 1 is 1.08 bits per heavy atom. The first kappa shape index (κ1) is 10.8. The van der Waals surface area contributed by atoms with Gasteiger partial charge in [-0.15, -0.1) is 0 Å². The van der Waals surface area contributed by atoms with Crippen molar-refractivity contribution in [3.05, 3.63) is 20.9 Å². The molecule has 0 amide bonds. The first-order valence-corrected chi connectivity index (χ1v) is 4.70. The van der Waals surface area contributed by atoms with Gasteiger partial charge in [0, 0.05) is 0 Å². The van der Waals surface area contributed by atoms with Crippen LogP contribution in [0, 0.1) is 0 Å². The molecular weight excluding hydrogens is 265 g/mol. The van der Waals surface area contributed by atoms with E-state index in [-0.39, 0.29) is 20.9 Å². The molecule has 0 unspecified atom stereocenters. The Hall–Kier alpha value is 0.730. The van der Waals surface area contributed by atoms with Crippen molar-refractivity contribution in [1.82, 2.24) is 0 Å². The monoisotopic (exact) mass is 266 g/mol. The molecule has 0 radical (unpaired) electrons. The van der Waals surface area contributed by atoms with Gasteiger partial charge in [-0.1, -0.05) is 58.0 Å². The fourth-order valence-electron chi connectivity index (χ4n) is 0.752. The Bertz CT molecular complexity index is 278. The predicted octanol–water partition coefficient (Wildman–Crippen LogP) is 3.96. The minimum atomic E-state index is -1.47. The lowest BCUT2D eigenvalue weighted by molar-refractivity contribution is 0.304. The van der Waals surface area contributed by atoms with Gasteiger partial charge in [0.15, 0.2) is 10.1 Å². The number of allylic oxidation sites excluding steroid dienone is 3. The summed E-state index contributed by atoms with van der Waals surface area (Å²) in [6.07, 6.45) is 0. The first-order chi connectivity index (χ1) is 5.42. The van der Waals surface area contributed by atoms with Crippen molar-refractivity contribution in [2.24, 2.45) is 0 Å². The van der Waals surface area contributed by atoms with Gasteiger partial charge in [0.2, 0.25) is 0 Å². The summed E-state index contributed by atoms with van der Waals surface area (Å²) >= 11 is 28.7. The summed E-state index contributed by atoms with van der Waals surface area (Å²) in [5, 5.41) is 0.298. The quantitative estimate of drug-likeness (QED) is 0.654. The van der Waals surface area contributed by atoms with Gasteiger partial charge in [-0.2, -0.15) is 0 Å². The zero-order valence-corrected chi connectivity index (χ0v) is 9.58. The van der Waals surface area contributed by atoms with Crippen molar-refractivity contribution in [1.29, 1.82) is 0 Å². The minimum Gasteiger partial charge on any atom is -0.494 e. The van der Waals surface area contributed by atoms with Gasteiger partial charge >= 0.3 is 0 Å². The van der Waals surface area contributed by atoms with Gasteiger partial charge in [0.25, 0.3) is 0 Å². The van der Waals surface area contributed by atoms with Gasteiger partial charge in [-0.25, -0.2) is 0 Å². The van der Waals surface area contributed by atoms with Crippen LogP contribution >= 0.6 is 58.0 Å². The maximum atomic E-state index is 5.76. The lowest BCUT2D eigenvalue weighted by atomic mass is 10.4. The van der Waals surface area contributed by atoms with Crippen molar-refractivity contribution in [2.75, 3.05) is 7.11 Å². The Morgan fingerprint density at radius 2 is 1.58 bits per heavy atom. The third-order valence-electron chi connectivity index (χ3n) is 1.35. The molecular formula is C6H3Cl5O. The van der Waals surface area contributed by atoms with Gasteiger partial charge in [-0.3, -0.25) is 0 Å². The fourth-order valence-corrected chi connectivity index (χ4v) is 2.07.